The van der Waals surface area contributed by atoms with E-state index >= 15 is 0 Å². The first-order chi connectivity index (χ1) is 8.59. The Balaban J connectivity index is 2.05. The van der Waals surface area contributed by atoms with Crippen molar-refractivity contribution in [2.24, 2.45) is 0 Å². The van der Waals surface area contributed by atoms with E-state index in [0.29, 0.717) is 24.1 Å². The monoisotopic (exact) mass is 250 g/mol. The molecule has 0 aliphatic heterocycles. The Labute approximate surface area is 106 Å². The summed E-state index contributed by atoms with van der Waals surface area (Å²) in [6.45, 7) is 1.76. The minimum Gasteiger partial charge on any atom is -0.390 e. The Kier molecular flexibility index (Phi) is 3.93. The summed E-state index contributed by atoms with van der Waals surface area (Å²) in [5.41, 5.74) is 1.16. The molecule has 0 radical (unpaired) electrons. The number of hydrogen-bond acceptors (Lipinski definition) is 4. The minimum absolute atomic E-state index is 0.251. The Hall–Kier alpha value is -1.46. The van der Waals surface area contributed by atoms with Crippen LogP contribution in [-0.4, -0.2) is 39.4 Å². The molecule has 0 unspecified atom stereocenters. The fourth-order valence-corrected chi connectivity index (χ4v) is 2.28. The first-order valence-corrected chi connectivity index (χ1v) is 6.18. The second kappa shape index (κ2) is 5.46. The molecule has 5 nitrogen and oxygen atoms in total. The SMILES string of the molecule is Cc1ncccc1C(=O)N[C@@H]1CCC[C@@H](O)[C@@H]1O. The number of pyridine rings is 1. The molecule has 0 spiro atoms. The number of carbonyl (C=O) groups is 1. The van der Waals surface area contributed by atoms with Crippen molar-refractivity contribution in [1.82, 2.24) is 10.3 Å². The molecular weight excluding hydrogens is 232 g/mol. The number of carbonyl (C=O) groups excluding carboxylic acids is 1. The summed E-state index contributed by atoms with van der Waals surface area (Å²) in [6, 6.07) is 3.01. The van der Waals surface area contributed by atoms with E-state index in [1.165, 1.54) is 0 Å². The van der Waals surface area contributed by atoms with Crippen molar-refractivity contribution in [3.8, 4) is 0 Å². The first kappa shape index (κ1) is 13.0. The molecule has 1 aromatic heterocycles. The molecule has 1 aliphatic rings. The zero-order valence-corrected chi connectivity index (χ0v) is 10.3. The van der Waals surface area contributed by atoms with Crippen LogP contribution in [0.1, 0.15) is 35.3 Å². The molecule has 0 saturated heterocycles. The van der Waals surface area contributed by atoms with Crippen molar-refractivity contribution < 1.29 is 15.0 Å². The highest BCUT2D eigenvalue weighted by molar-refractivity contribution is 5.95. The molecule has 18 heavy (non-hydrogen) atoms. The van der Waals surface area contributed by atoms with Gasteiger partial charge in [0, 0.05) is 11.9 Å². The van der Waals surface area contributed by atoms with Crippen LogP contribution in [0.4, 0.5) is 0 Å². The summed E-state index contributed by atoms with van der Waals surface area (Å²) >= 11 is 0. The molecular formula is C13H18N2O3. The average Bonchev–Trinajstić information content (AvgIpc) is 2.35. The lowest BCUT2D eigenvalue weighted by atomic mass is 9.90. The molecule has 0 aromatic carbocycles. The maximum atomic E-state index is 12.0. The number of aryl methyl sites for hydroxylation is 1. The number of hydrogen-bond donors (Lipinski definition) is 3. The van der Waals surface area contributed by atoms with Gasteiger partial charge in [-0.3, -0.25) is 9.78 Å². The number of aromatic nitrogens is 1. The van der Waals surface area contributed by atoms with Crippen LogP contribution < -0.4 is 5.32 Å². The lowest BCUT2D eigenvalue weighted by Crippen LogP contribution is -2.51. The average molecular weight is 250 g/mol. The molecule has 1 fully saturated rings. The Morgan fingerprint density at radius 1 is 1.44 bits per heavy atom. The first-order valence-electron chi connectivity index (χ1n) is 6.18. The van der Waals surface area contributed by atoms with Gasteiger partial charge in [-0.1, -0.05) is 0 Å². The lowest BCUT2D eigenvalue weighted by Gasteiger charge is -2.32. The van der Waals surface area contributed by atoms with Crippen LogP contribution in [0.15, 0.2) is 18.3 Å². The van der Waals surface area contributed by atoms with Gasteiger partial charge in [0.1, 0.15) is 0 Å². The van der Waals surface area contributed by atoms with E-state index in [-0.39, 0.29) is 11.9 Å². The third-order valence-corrected chi connectivity index (χ3v) is 3.39. The molecule has 1 amide bonds. The van der Waals surface area contributed by atoms with E-state index in [2.05, 4.69) is 10.3 Å². The highest BCUT2D eigenvalue weighted by Crippen LogP contribution is 2.19. The number of nitrogens with one attached hydrogen (secondary N) is 1. The van der Waals surface area contributed by atoms with Gasteiger partial charge in [0.05, 0.1) is 23.8 Å². The van der Waals surface area contributed by atoms with E-state index in [0.717, 1.165) is 6.42 Å². The molecule has 1 heterocycles. The van der Waals surface area contributed by atoms with Gasteiger partial charge in [-0.25, -0.2) is 0 Å². The second-order valence-corrected chi connectivity index (χ2v) is 4.71. The predicted octanol–water partition coefficient (Wildman–Crippen LogP) is 0.394. The lowest BCUT2D eigenvalue weighted by molar-refractivity contribution is -0.0278. The molecule has 5 heteroatoms. The van der Waals surface area contributed by atoms with E-state index in [4.69, 9.17) is 0 Å². The molecule has 3 N–H and O–H groups in total. The molecule has 1 aromatic rings. The third-order valence-electron chi connectivity index (χ3n) is 3.39. The van der Waals surface area contributed by atoms with E-state index in [1.54, 1.807) is 25.3 Å². The van der Waals surface area contributed by atoms with E-state index in [9.17, 15) is 15.0 Å². The molecule has 2 rings (SSSR count). The number of amides is 1. The van der Waals surface area contributed by atoms with Gasteiger partial charge >= 0.3 is 0 Å². The quantitative estimate of drug-likeness (QED) is 0.709. The van der Waals surface area contributed by atoms with Crippen molar-refractivity contribution >= 4 is 5.91 Å². The number of rotatable bonds is 2. The number of aliphatic hydroxyl groups is 2. The summed E-state index contributed by atoms with van der Waals surface area (Å²) < 4.78 is 0. The molecule has 98 valence electrons. The van der Waals surface area contributed by atoms with Gasteiger partial charge in [0.25, 0.3) is 5.91 Å². The van der Waals surface area contributed by atoms with Crippen LogP contribution in [0.25, 0.3) is 0 Å². The van der Waals surface area contributed by atoms with Crippen LogP contribution in [0.3, 0.4) is 0 Å². The van der Waals surface area contributed by atoms with Gasteiger partial charge in [0.2, 0.25) is 0 Å². The second-order valence-electron chi connectivity index (χ2n) is 4.71. The smallest absolute Gasteiger partial charge is 0.253 e. The van der Waals surface area contributed by atoms with Crippen molar-refractivity contribution in [3.05, 3.63) is 29.6 Å². The zero-order chi connectivity index (χ0) is 13.1. The van der Waals surface area contributed by atoms with Crippen LogP contribution in [0.5, 0.6) is 0 Å². The Morgan fingerprint density at radius 3 is 2.94 bits per heavy atom. The van der Waals surface area contributed by atoms with Crippen molar-refractivity contribution in [1.29, 1.82) is 0 Å². The highest BCUT2D eigenvalue weighted by atomic mass is 16.3. The standard InChI is InChI=1S/C13H18N2O3/c1-8-9(4-3-7-14-8)13(18)15-10-5-2-6-11(16)12(10)17/h3-4,7,10-12,16-17H,2,5-6H2,1H3,(H,15,18)/t10-,11-,12-/m1/s1. The predicted molar refractivity (Wildman–Crippen MR) is 66.1 cm³/mol. The number of nitrogens with zero attached hydrogens (tertiary/aromatic N) is 1. The van der Waals surface area contributed by atoms with Gasteiger partial charge in [-0.05, 0) is 38.3 Å². The maximum absolute atomic E-state index is 12.0. The molecule has 1 saturated carbocycles. The van der Waals surface area contributed by atoms with Gasteiger partial charge in [-0.15, -0.1) is 0 Å². The van der Waals surface area contributed by atoms with Gasteiger partial charge in [-0.2, -0.15) is 0 Å². The van der Waals surface area contributed by atoms with Crippen LogP contribution in [0, 0.1) is 6.92 Å². The summed E-state index contributed by atoms with van der Waals surface area (Å²) in [4.78, 5) is 16.1. The summed E-state index contributed by atoms with van der Waals surface area (Å²) in [5, 5.41) is 22.2. The maximum Gasteiger partial charge on any atom is 0.253 e. The fourth-order valence-electron chi connectivity index (χ4n) is 2.28. The van der Waals surface area contributed by atoms with Gasteiger partial charge < -0.3 is 15.5 Å². The minimum atomic E-state index is -0.889. The molecule has 1 aliphatic carbocycles. The van der Waals surface area contributed by atoms with Crippen LogP contribution in [-0.2, 0) is 0 Å². The summed E-state index contributed by atoms with van der Waals surface area (Å²) in [7, 11) is 0. The third kappa shape index (κ3) is 2.68. The van der Waals surface area contributed by atoms with Gasteiger partial charge in [0.15, 0.2) is 0 Å². The van der Waals surface area contributed by atoms with Crippen molar-refractivity contribution in [2.75, 3.05) is 0 Å². The summed E-state index contributed by atoms with van der Waals surface area (Å²) in [5.74, 6) is -0.251. The van der Waals surface area contributed by atoms with Crippen molar-refractivity contribution in [3.63, 3.8) is 0 Å². The highest BCUT2D eigenvalue weighted by Gasteiger charge is 2.31. The topological polar surface area (TPSA) is 82.5 Å². The zero-order valence-electron chi connectivity index (χ0n) is 10.3. The number of aliphatic hydroxyl groups excluding tert-OH is 2. The van der Waals surface area contributed by atoms with Crippen molar-refractivity contribution in [2.45, 2.75) is 44.4 Å². The molecule has 3 atom stereocenters. The van der Waals surface area contributed by atoms with Crippen LogP contribution in [0.2, 0.25) is 0 Å². The summed E-state index contributed by atoms with van der Waals surface area (Å²) in [6.07, 6.45) is 2.06. The molecule has 0 bridgehead atoms. The van der Waals surface area contributed by atoms with E-state index in [1.807, 2.05) is 0 Å². The largest absolute Gasteiger partial charge is 0.390 e. The Morgan fingerprint density at radius 2 is 2.22 bits per heavy atom. The normalized spacial score (nSPS) is 27.8. The van der Waals surface area contributed by atoms with Crippen LogP contribution >= 0.6 is 0 Å². The van der Waals surface area contributed by atoms with E-state index < -0.39 is 12.2 Å². The fraction of sp³-hybridized carbons (Fsp3) is 0.538. The Bertz CT molecular complexity index is 436.